The Kier molecular flexibility index (Phi) is 6.90. The summed E-state index contributed by atoms with van der Waals surface area (Å²) < 4.78 is 10.6. The van der Waals surface area contributed by atoms with Crippen LogP contribution in [0.5, 0.6) is 0 Å². The molecule has 0 aromatic heterocycles. The minimum absolute atomic E-state index is 0.176. The first-order valence-electron chi connectivity index (χ1n) is 5.07. The molecule has 0 N–H and O–H groups in total. The molecule has 0 spiro atoms. The zero-order valence-corrected chi connectivity index (χ0v) is 10.8. The van der Waals surface area contributed by atoms with E-state index in [2.05, 4.69) is 25.6 Å². The predicted molar refractivity (Wildman–Crippen MR) is 62.9 cm³/mol. The molecule has 0 aliphatic heterocycles. The van der Waals surface area contributed by atoms with Gasteiger partial charge in [-0.05, 0) is 13.0 Å². The van der Waals surface area contributed by atoms with Gasteiger partial charge >= 0.3 is 0 Å². The van der Waals surface area contributed by atoms with Gasteiger partial charge in [-0.3, -0.25) is 0 Å². The second-order valence-electron chi connectivity index (χ2n) is 4.78. The molecule has 0 fully saturated rings. The molecule has 2 nitrogen and oxygen atoms in total. The lowest BCUT2D eigenvalue weighted by Crippen LogP contribution is -2.22. The summed E-state index contributed by atoms with van der Waals surface area (Å²) in [5.74, 6) is 2.78. The van der Waals surface area contributed by atoms with Gasteiger partial charge in [0.05, 0.1) is 6.61 Å². The minimum Gasteiger partial charge on any atom is -0.356 e. The summed E-state index contributed by atoms with van der Waals surface area (Å²) in [5.41, 5.74) is 0. The molecule has 0 radical (unpaired) electrons. The smallest absolute Gasteiger partial charge is 0.146 e. The van der Waals surface area contributed by atoms with Crippen LogP contribution in [0.25, 0.3) is 0 Å². The third kappa shape index (κ3) is 9.78. The first-order chi connectivity index (χ1) is 6.45. The third-order valence-corrected chi connectivity index (χ3v) is 3.52. The molecule has 0 rings (SSSR count). The molecule has 0 heterocycles. The zero-order chi connectivity index (χ0) is 11.0. The van der Waals surface area contributed by atoms with E-state index in [0.717, 1.165) is 6.61 Å². The van der Waals surface area contributed by atoms with E-state index in [1.54, 1.807) is 0 Å². The second kappa shape index (κ2) is 7.05. The fourth-order valence-corrected chi connectivity index (χ4v) is 1.53. The summed E-state index contributed by atoms with van der Waals surface area (Å²) in [6.07, 6.45) is 5.20. The Bertz CT molecular complexity index is 179. The largest absolute Gasteiger partial charge is 0.356 e. The van der Waals surface area contributed by atoms with Gasteiger partial charge in [0.25, 0.3) is 0 Å². The number of rotatable bonds is 7. The van der Waals surface area contributed by atoms with Crippen LogP contribution < -0.4 is 0 Å². The van der Waals surface area contributed by atoms with E-state index in [0.29, 0.717) is 13.4 Å². The van der Waals surface area contributed by atoms with Crippen molar-refractivity contribution in [2.75, 3.05) is 20.0 Å². The Balaban J connectivity index is 3.20. The van der Waals surface area contributed by atoms with Crippen molar-refractivity contribution in [1.29, 1.82) is 0 Å². The molecule has 0 bridgehead atoms. The van der Waals surface area contributed by atoms with Crippen molar-refractivity contribution in [1.82, 2.24) is 0 Å². The Morgan fingerprint density at radius 1 is 1.29 bits per heavy atom. The summed E-state index contributed by atoms with van der Waals surface area (Å²) in [6, 6.07) is 1.18. The van der Waals surface area contributed by atoms with Crippen molar-refractivity contribution in [2.45, 2.75) is 32.6 Å². The van der Waals surface area contributed by atoms with Gasteiger partial charge in [0.1, 0.15) is 6.79 Å². The van der Waals surface area contributed by atoms with E-state index < -0.39 is 8.07 Å². The number of terminal acetylenes is 1. The molecular weight excluding hydrogens is 192 g/mol. The minimum atomic E-state index is -0.959. The summed E-state index contributed by atoms with van der Waals surface area (Å²) >= 11 is 0. The van der Waals surface area contributed by atoms with Crippen LogP contribution in [-0.4, -0.2) is 28.1 Å². The maximum absolute atomic E-state index is 5.35. The molecule has 0 aromatic carbocycles. The average molecular weight is 214 g/mol. The lowest BCUT2D eigenvalue weighted by molar-refractivity contribution is -0.0545. The first-order valence-corrected chi connectivity index (χ1v) is 8.78. The molecule has 1 unspecified atom stereocenters. The molecule has 0 aromatic rings. The van der Waals surface area contributed by atoms with E-state index in [9.17, 15) is 0 Å². The highest BCUT2D eigenvalue weighted by Gasteiger charge is 2.11. The van der Waals surface area contributed by atoms with E-state index in [1.165, 1.54) is 6.04 Å². The van der Waals surface area contributed by atoms with Crippen LogP contribution in [0, 0.1) is 18.3 Å². The van der Waals surface area contributed by atoms with Gasteiger partial charge in [-0.1, -0.05) is 19.6 Å². The van der Waals surface area contributed by atoms with Crippen molar-refractivity contribution in [3.05, 3.63) is 0 Å². The van der Waals surface area contributed by atoms with Crippen LogP contribution in [0.15, 0.2) is 0 Å². The van der Waals surface area contributed by atoms with Crippen LogP contribution in [0.2, 0.25) is 25.7 Å². The summed E-state index contributed by atoms with van der Waals surface area (Å²) in [5, 5.41) is 0. The van der Waals surface area contributed by atoms with Gasteiger partial charge in [0.15, 0.2) is 0 Å². The van der Waals surface area contributed by atoms with Crippen molar-refractivity contribution < 1.29 is 9.47 Å². The Hall–Kier alpha value is -0.303. The summed E-state index contributed by atoms with van der Waals surface area (Å²) in [4.78, 5) is 0. The third-order valence-electron chi connectivity index (χ3n) is 1.82. The van der Waals surface area contributed by atoms with E-state index in [4.69, 9.17) is 15.9 Å². The van der Waals surface area contributed by atoms with Crippen LogP contribution in [-0.2, 0) is 9.47 Å². The monoisotopic (exact) mass is 214 g/mol. The number of hydrogen-bond acceptors (Lipinski definition) is 2. The van der Waals surface area contributed by atoms with E-state index in [1.807, 2.05) is 6.92 Å². The highest BCUT2D eigenvalue weighted by Crippen LogP contribution is 2.07. The SMILES string of the molecule is C#CC(C)COCOCC[Si](C)(C)C. The maximum Gasteiger partial charge on any atom is 0.146 e. The van der Waals surface area contributed by atoms with Crippen LogP contribution in [0.4, 0.5) is 0 Å². The highest BCUT2D eigenvalue weighted by atomic mass is 28.3. The lowest BCUT2D eigenvalue weighted by atomic mass is 10.2. The second-order valence-corrected chi connectivity index (χ2v) is 10.4. The summed E-state index contributed by atoms with van der Waals surface area (Å²) in [7, 11) is -0.959. The van der Waals surface area contributed by atoms with Crippen LogP contribution >= 0.6 is 0 Å². The summed E-state index contributed by atoms with van der Waals surface area (Å²) in [6.45, 7) is 10.7. The van der Waals surface area contributed by atoms with Gasteiger partial charge < -0.3 is 9.47 Å². The first kappa shape index (κ1) is 13.7. The lowest BCUT2D eigenvalue weighted by Gasteiger charge is -2.15. The zero-order valence-electron chi connectivity index (χ0n) is 9.80. The molecule has 0 saturated heterocycles. The molecule has 0 saturated carbocycles. The van der Waals surface area contributed by atoms with Gasteiger partial charge in [-0.25, -0.2) is 0 Å². The standard InChI is InChI=1S/C11H22O2Si/c1-6-11(2)9-13-10-12-7-8-14(3,4)5/h1,11H,7-10H2,2-5H3. The van der Waals surface area contributed by atoms with E-state index in [-0.39, 0.29) is 5.92 Å². The van der Waals surface area contributed by atoms with Crippen molar-refractivity contribution in [3.8, 4) is 12.3 Å². The van der Waals surface area contributed by atoms with Crippen molar-refractivity contribution >= 4 is 8.07 Å². The molecule has 0 aliphatic carbocycles. The Morgan fingerprint density at radius 2 is 1.93 bits per heavy atom. The normalized spacial score (nSPS) is 13.6. The quantitative estimate of drug-likeness (QED) is 0.281. The Morgan fingerprint density at radius 3 is 2.43 bits per heavy atom. The van der Waals surface area contributed by atoms with Crippen LogP contribution in [0.1, 0.15) is 6.92 Å². The maximum atomic E-state index is 5.35. The van der Waals surface area contributed by atoms with Crippen molar-refractivity contribution in [2.24, 2.45) is 5.92 Å². The average Bonchev–Trinajstić information content (AvgIpc) is 2.08. The molecule has 1 atom stereocenters. The number of ether oxygens (including phenoxy) is 2. The van der Waals surface area contributed by atoms with Gasteiger partial charge in [0, 0.05) is 20.6 Å². The van der Waals surface area contributed by atoms with Crippen molar-refractivity contribution in [3.63, 3.8) is 0 Å². The highest BCUT2D eigenvalue weighted by molar-refractivity contribution is 6.76. The fraction of sp³-hybridized carbons (Fsp3) is 0.818. The van der Waals surface area contributed by atoms with E-state index >= 15 is 0 Å². The molecule has 3 heteroatoms. The topological polar surface area (TPSA) is 18.5 Å². The van der Waals surface area contributed by atoms with Gasteiger partial charge in [-0.15, -0.1) is 12.3 Å². The molecule has 14 heavy (non-hydrogen) atoms. The molecule has 0 amide bonds. The Labute approximate surface area is 89.0 Å². The fourth-order valence-electron chi connectivity index (χ4n) is 0.769. The number of hydrogen-bond donors (Lipinski definition) is 0. The van der Waals surface area contributed by atoms with Gasteiger partial charge in [0.2, 0.25) is 0 Å². The van der Waals surface area contributed by atoms with Crippen LogP contribution in [0.3, 0.4) is 0 Å². The molecular formula is C11H22O2Si. The van der Waals surface area contributed by atoms with Gasteiger partial charge in [-0.2, -0.15) is 0 Å². The molecule has 0 aliphatic rings. The molecule has 82 valence electrons. The predicted octanol–water partition coefficient (Wildman–Crippen LogP) is 2.58.